The van der Waals surface area contributed by atoms with E-state index in [1.165, 1.54) is 26.8 Å². The van der Waals surface area contributed by atoms with Crippen LogP contribution in [0.3, 0.4) is 0 Å². The first kappa shape index (κ1) is 22.9. The second-order valence-electron chi connectivity index (χ2n) is 5.59. The Morgan fingerprint density at radius 1 is 0.920 bits per heavy atom. The Morgan fingerprint density at radius 3 is 1.76 bits per heavy atom. The zero-order valence-corrected chi connectivity index (χ0v) is 15.8. The third kappa shape index (κ3) is 9.07. The smallest absolute Gasteiger partial charge is 0.308 e. The molecule has 0 aliphatic heterocycles. The standard InChI is InChI=1S/C17H23NO6.ClH/c1-10(2)18-9-17(24-13(5)21)14-6-15(22-11(3)19)8-16(7-14)23-12(4)20;/h6-8,10,17-18H,9H2,1-5H3;1H. The molecule has 0 aliphatic rings. The van der Waals surface area contributed by atoms with Crippen LogP contribution in [0.4, 0.5) is 0 Å². The quantitative estimate of drug-likeness (QED) is 0.580. The van der Waals surface area contributed by atoms with Crippen LogP contribution < -0.4 is 14.8 Å². The third-order valence-corrected chi connectivity index (χ3v) is 2.82. The Hall–Kier alpha value is -2.12. The number of rotatable bonds is 7. The van der Waals surface area contributed by atoms with Gasteiger partial charge in [0, 0.05) is 45.0 Å². The minimum absolute atomic E-state index is 0. The van der Waals surface area contributed by atoms with E-state index in [9.17, 15) is 14.4 Å². The van der Waals surface area contributed by atoms with E-state index in [1.807, 2.05) is 13.8 Å². The largest absolute Gasteiger partial charge is 0.456 e. The van der Waals surface area contributed by atoms with Gasteiger partial charge >= 0.3 is 17.9 Å². The molecule has 0 saturated carbocycles. The van der Waals surface area contributed by atoms with Crippen LogP contribution in [0.25, 0.3) is 0 Å². The lowest BCUT2D eigenvalue weighted by atomic mass is 10.1. The van der Waals surface area contributed by atoms with Gasteiger partial charge in [0.1, 0.15) is 17.6 Å². The van der Waals surface area contributed by atoms with Crippen molar-refractivity contribution in [1.29, 1.82) is 0 Å². The fourth-order valence-electron chi connectivity index (χ4n) is 2.00. The first-order chi connectivity index (χ1) is 11.2. The molecular weight excluding hydrogens is 350 g/mol. The summed E-state index contributed by atoms with van der Waals surface area (Å²) >= 11 is 0. The highest BCUT2D eigenvalue weighted by Crippen LogP contribution is 2.29. The Bertz CT molecular complexity index is 583. The van der Waals surface area contributed by atoms with Gasteiger partial charge < -0.3 is 19.5 Å². The van der Waals surface area contributed by atoms with Gasteiger partial charge in [0.05, 0.1) is 0 Å². The van der Waals surface area contributed by atoms with Gasteiger partial charge in [-0.15, -0.1) is 12.4 Å². The maximum Gasteiger partial charge on any atom is 0.308 e. The van der Waals surface area contributed by atoms with Crippen molar-refractivity contribution in [3.05, 3.63) is 23.8 Å². The van der Waals surface area contributed by atoms with Gasteiger partial charge in [-0.05, 0) is 12.1 Å². The van der Waals surface area contributed by atoms with Crippen molar-refractivity contribution >= 4 is 30.3 Å². The van der Waals surface area contributed by atoms with Gasteiger partial charge in [-0.25, -0.2) is 0 Å². The lowest BCUT2D eigenvalue weighted by Crippen LogP contribution is -2.30. The van der Waals surface area contributed by atoms with Crippen LogP contribution in [0.1, 0.15) is 46.3 Å². The van der Waals surface area contributed by atoms with Crippen molar-refractivity contribution in [2.24, 2.45) is 0 Å². The fraction of sp³-hybridized carbons (Fsp3) is 0.471. The van der Waals surface area contributed by atoms with E-state index in [0.29, 0.717) is 12.1 Å². The van der Waals surface area contributed by atoms with Crippen LogP contribution in [0.15, 0.2) is 18.2 Å². The average Bonchev–Trinajstić information content (AvgIpc) is 2.40. The van der Waals surface area contributed by atoms with E-state index in [1.54, 1.807) is 12.1 Å². The molecule has 1 aromatic rings. The van der Waals surface area contributed by atoms with Crippen LogP contribution >= 0.6 is 12.4 Å². The van der Waals surface area contributed by atoms with Crippen LogP contribution in [0.5, 0.6) is 11.5 Å². The maximum atomic E-state index is 11.4. The minimum Gasteiger partial charge on any atom is -0.456 e. The number of esters is 3. The second-order valence-corrected chi connectivity index (χ2v) is 5.59. The monoisotopic (exact) mass is 373 g/mol. The lowest BCUT2D eigenvalue weighted by molar-refractivity contribution is -0.146. The van der Waals surface area contributed by atoms with Gasteiger partial charge in [-0.2, -0.15) is 0 Å². The van der Waals surface area contributed by atoms with E-state index in [2.05, 4.69) is 5.32 Å². The number of carbonyl (C=O) groups is 3. The topological polar surface area (TPSA) is 90.9 Å². The maximum absolute atomic E-state index is 11.4. The summed E-state index contributed by atoms with van der Waals surface area (Å²) < 4.78 is 15.5. The lowest BCUT2D eigenvalue weighted by Gasteiger charge is -2.20. The number of benzene rings is 1. The molecule has 1 N–H and O–H groups in total. The Kier molecular flexibility index (Phi) is 9.78. The summed E-state index contributed by atoms with van der Waals surface area (Å²) in [5.41, 5.74) is 0.549. The van der Waals surface area contributed by atoms with Crippen molar-refractivity contribution in [2.75, 3.05) is 6.54 Å². The molecule has 25 heavy (non-hydrogen) atoms. The number of nitrogens with one attached hydrogen (secondary N) is 1. The zero-order valence-electron chi connectivity index (χ0n) is 15.0. The first-order valence-electron chi connectivity index (χ1n) is 7.59. The van der Waals surface area contributed by atoms with Gasteiger partial charge in [-0.3, -0.25) is 14.4 Å². The normalized spacial score (nSPS) is 11.3. The first-order valence-corrected chi connectivity index (χ1v) is 7.59. The molecular formula is C17H24ClNO6. The highest BCUT2D eigenvalue weighted by molar-refractivity contribution is 5.85. The summed E-state index contributed by atoms with van der Waals surface area (Å²) in [5, 5.41) is 3.18. The molecule has 0 radical (unpaired) electrons. The van der Waals surface area contributed by atoms with Crippen LogP contribution in [-0.4, -0.2) is 30.5 Å². The molecule has 0 amide bonds. The molecule has 1 rings (SSSR count). The van der Waals surface area contributed by atoms with Gasteiger partial charge in [0.25, 0.3) is 0 Å². The minimum atomic E-state index is -0.616. The number of hydrogen-bond acceptors (Lipinski definition) is 7. The summed E-state index contributed by atoms with van der Waals surface area (Å²) in [6.07, 6.45) is -0.616. The molecule has 0 saturated heterocycles. The van der Waals surface area contributed by atoms with E-state index in [0.717, 1.165) is 0 Å². The number of carbonyl (C=O) groups excluding carboxylic acids is 3. The van der Waals surface area contributed by atoms with Crippen LogP contribution in [0.2, 0.25) is 0 Å². The second kappa shape index (κ2) is 10.7. The number of ether oxygens (including phenoxy) is 3. The Labute approximate surface area is 153 Å². The Balaban J connectivity index is 0.00000576. The molecule has 0 spiro atoms. The molecule has 8 heteroatoms. The average molecular weight is 374 g/mol. The SMILES string of the molecule is CC(=O)Oc1cc(OC(C)=O)cc(C(CNC(C)C)OC(C)=O)c1.Cl. The number of halogens is 1. The predicted molar refractivity (Wildman–Crippen MR) is 94.0 cm³/mol. The molecule has 0 heterocycles. The van der Waals surface area contributed by atoms with Gasteiger partial charge in [0.2, 0.25) is 0 Å². The fourth-order valence-corrected chi connectivity index (χ4v) is 2.00. The van der Waals surface area contributed by atoms with E-state index < -0.39 is 24.0 Å². The van der Waals surface area contributed by atoms with Gasteiger partial charge in [0.15, 0.2) is 0 Å². The van der Waals surface area contributed by atoms with Gasteiger partial charge in [-0.1, -0.05) is 13.8 Å². The third-order valence-electron chi connectivity index (χ3n) is 2.82. The van der Waals surface area contributed by atoms with E-state index in [4.69, 9.17) is 14.2 Å². The summed E-state index contributed by atoms with van der Waals surface area (Å²) in [6, 6.07) is 4.76. The molecule has 0 aliphatic carbocycles. The summed E-state index contributed by atoms with van der Waals surface area (Å²) in [5.74, 6) is -1.05. The van der Waals surface area contributed by atoms with E-state index in [-0.39, 0.29) is 29.9 Å². The highest BCUT2D eigenvalue weighted by Gasteiger charge is 2.18. The molecule has 1 unspecified atom stereocenters. The molecule has 7 nitrogen and oxygen atoms in total. The zero-order chi connectivity index (χ0) is 18.3. The van der Waals surface area contributed by atoms with E-state index >= 15 is 0 Å². The predicted octanol–water partition coefficient (Wildman–Crippen LogP) is 2.56. The summed E-state index contributed by atoms with van der Waals surface area (Å²) in [4.78, 5) is 33.8. The van der Waals surface area contributed by atoms with Crippen molar-refractivity contribution in [3.8, 4) is 11.5 Å². The van der Waals surface area contributed by atoms with Crippen molar-refractivity contribution in [1.82, 2.24) is 5.32 Å². The number of hydrogen-bond donors (Lipinski definition) is 1. The molecule has 0 bridgehead atoms. The van der Waals surface area contributed by atoms with Crippen LogP contribution in [-0.2, 0) is 19.1 Å². The van der Waals surface area contributed by atoms with Crippen molar-refractivity contribution < 1.29 is 28.6 Å². The highest BCUT2D eigenvalue weighted by atomic mass is 35.5. The molecule has 140 valence electrons. The molecule has 1 aromatic carbocycles. The summed E-state index contributed by atoms with van der Waals surface area (Å²) in [7, 11) is 0. The Morgan fingerprint density at radius 2 is 1.40 bits per heavy atom. The molecule has 1 atom stereocenters. The van der Waals surface area contributed by atoms with Crippen molar-refractivity contribution in [3.63, 3.8) is 0 Å². The molecule has 0 fully saturated rings. The van der Waals surface area contributed by atoms with Crippen molar-refractivity contribution in [2.45, 2.75) is 46.8 Å². The summed E-state index contributed by atoms with van der Waals surface area (Å²) in [6.45, 7) is 8.13. The molecule has 0 aromatic heterocycles. The van der Waals surface area contributed by atoms with Crippen LogP contribution in [0, 0.1) is 0 Å².